The number of hydrogen-bond donors (Lipinski definition) is 2. The second kappa shape index (κ2) is 7.03. The fourth-order valence-electron chi connectivity index (χ4n) is 1.86. The molecule has 3 N–H and O–H groups in total. The van der Waals surface area contributed by atoms with Crippen molar-refractivity contribution in [1.82, 2.24) is 5.43 Å². The average Bonchev–Trinajstić information content (AvgIpc) is 2.55. The third-order valence-electron chi connectivity index (χ3n) is 2.98. The van der Waals surface area contributed by atoms with Crippen LogP contribution < -0.4 is 15.9 Å². The molecule has 0 heterocycles. The van der Waals surface area contributed by atoms with E-state index in [-0.39, 0.29) is 11.4 Å². The van der Waals surface area contributed by atoms with E-state index in [0.717, 1.165) is 0 Å². The van der Waals surface area contributed by atoms with Crippen molar-refractivity contribution in [3.05, 3.63) is 63.7 Å². The number of nitrogens with one attached hydrogen (secondary N) is 1. The first-order chi connectivity index (χ1) is 11.0. The molecule has 0 spiro atoms. The van der Waals surface area contributed by atoms with Crippen molar-refractivity contribution in [2.45, 2.75) is 0 Å². The molecule has 0 radical (unpaired) electrons. The van der Waals surface area contributed by atoms with Crippen molar-refractivity contribution in [1.29, 1.82) is 0 Å². The molecule has 0 aliphatic rings. The van der Waals surface area contributed by atoms with Crippen LogP contribution in [-0.4, -0.2) is 24.2 Å². The normalized spacial score (nSPS) is 10.5. The number of carbonyl (C=O) groups excluding carboxylic acids is 1. The highest BCUT2D eigenvalue weighted by Crippen LogP contribution is 2.26. The number of amides is 1. The van der Waals surface area contributed by atoms with Crippen molar-refractivity contribution in [3.63, 3.8) is 0 Å². The molecule has 0 saturated carbocycles. The summed E-state index contributed by atoms with van der Waals surface area (Å²) < 4.78 is 4.91. The Morgan fingerprint density at radius 2 is 2.09 bits per heavy atom. The number of nitro groups is 1. The lowest BCUT2D eigenvalue weighted by atomic mass is 10.2. The van der Waals surface area contributed by atoms with Crippen LogP contribution in [0.2, 0.25) is 0 Å². The van der Waals surface area contributed by atoms with Gasteiger partial charge in [0.1, 0.15) is 0 Å². The Kier molecular flexibility index (Phi) is 4.88. The number of hydrogen-bond acceptors (Lipinski definition) is 6. The second-order valence-corrected chi connectivity index (χ2v) is 4.47. The Morgan fingerprint density at radius 1 is 1.35 bits per heavy atom. The number of hydrazone groups is 1. The zero-order chi connectivity index (χ0) is 16.8. The van der Waals surface area contributed by atoms with Crippen LogP contribution in [-0.2, 0) is 0 Å². The number of nitrogens with zero attached hydrogens (tertiary/aromatic N) is 2. The van der Waals surface area contributed by atoms with E-state index in [1.165, 1.54) is 25.5 Å². The van der Waals surface area contributed by atoms with E-state index >= 15 is 0 Å². The van der Waals surface area contributed by atoms with Crippen LogP contribution in [0.1, 0.15) is 15.9 Å². The standard InChI is InChI=1S/C15H14N4O4/c1-23-14-7-6-10(8-13(14)19(21)22)9-17-18-15(20)11-4-2-3-5-12(11)16/h2-9H,16H2,1H3,(H,18,20). The zero-order valence-corrected chi connectivity index (χ0v) is 12.2. The highest BCUT2D eigenvalue weighted by molar-refractivity contribution is 5.99. The number of rotatable bonds is 5. The minimum absolute atomic E-state index is 0.147. The van der Waals surface area contributed by atoms with Gasteiger partial charge in [-0.1, -0.05) is 12.1 Å². The molecule has 0 bridgehead atoms. The van der Waals surface area contributed by atoms with Gasteiger partial charge in [0.05, 0.1) is 23.8 Å². The molecular formula is C15H14N4O4. The molecule has 0 aliphatic heterocycles. The van der Waals surface area contributed by atoms with E-state index in [9.17, 15) is 14.9 Å². The maximum atomic E-state index is 11.9. The van der Waals surface area contributed by atoms with Crippen molar-refractivity contribution in [2.75, 3.05) is 12.8 Å². The van der Waals surface area contributed by atoms with Crippen LogP contribution in [0.25, 0.3) is 0 Å². The Morgan fingerprint density at radius 3 is 2.74 bits per heavy atom. The van der Waals surface area contributed by atoms with Gasteiger partial charge in [-0.25, -0.2) is 5.43 Å². The zero-order valence-electron chi connectivity index (χ0n) is 12.2. The Hall–Kier alpha value is -3.42. The Balaban J connectivity index is 2.12. The number of ether oxygens (including phenoxy) is 1. The molecule has 2 aromatic carbocycles. The summed E-state index contributed by atoms with van der Waals surface area (Å²) in [6.45, 7) is 0. The largest absolute Gasteiger partial charge is 0.490 e. The lowest BCUT2D eigenvalue weighted by Gasteiger charge is -2.03. The summed E-state index contributed by atoms with van der Waals surface area (Å²) in [6, 6.07) is 10.9. The smallest absolute Gasteiger partial charge is 0.311 e. The number of benzene rings is 2. The third-order valence-corrected chi connectivity index (χ3v) is 2.98. The quantitative estimate of drug-likeness (QED) is 0.378. The van der Waals surface area contributed by atoms with E-state index in [1.807, 2.05) is 0 Å². The number of nitro benzene ring substituents is 1. The fourth-order valence-corrected chi connectivity index (χ4v) is 1.86. The van der Waals surface area contributed by atoms with E-state index in [1.54, 1.807) is 30.3 Å². The minimum Gasteiger partial charge on any atom is -0.490 e. The van der Waals surface area contributed by atoms with Crippen molar-refractivity contribution in [2.24, 2.45) is 5.10 Å². The van der Waals surface area contributed by atoms with Gasteiger partial charge >= 0.3 is 5.69 Å². The molecule has 1 amide bonds. The summed E-state index contributed by atoms with van der Waals surface area (Å²) >= 11 is 0. The second-order valence-electron chi connectivity index (χ2n) is 4.47. The highest BCUT2D eigenvalue weighted by atomic mass is 16.6. The molecule has 23 heavy (non-hydrogen) atoms. The summed E-state index contributed by atoms with van der Waals surface area (Å²) in [5.41, 5.74) is 8.89. The minimum atomic E-state index is -0.556. The fraction of sp³-hybridized carbons (Fsp3) is 0.0667. The van der Waals surface area contributed by atoms with Crippen molar-refractivity contribution >= 4 is 23.5 Å². The van der Waals surface area contributed by atoms with Crippen LogP contribution in [0.15, 0.2) is 47.6 Å². The van der Waals surface area contributed by atoms with Crippen molar-refractivity contribution in [3.8, 4) is 5.75 Å². The van der Waals surface area contributed by atoms with E-state index in [0.29, 0.717) is 16.8 Å². The Bertz CT molecular complexity index is 774. The lowest BCUT2D eigenvalue weighted by molar-refractivity contribution is -0.385. The summed E-state index contributed by atoms with van der Waals surface area (Å²) in [4.78, 5) is 22.3. The van der Waals surface area contributed by atoms with Gasteiger partial charge in [0.2, 0.25) is 0 Å². The van der Waals surface area contributed by atoms with Crippen LogP contribution in [0.3, 0.4) is 0 Å². The summed E-state index contributed by atoms with van der Waals surface area (Å²) in [6.07, 6.45) is 1.30. The van der Waals surface area contributed by atoms with Gasteiger partial charge in [0.15, 0.2) is 5.75 Å². The van der Waals surface area contributed by atoms with E-state index in [2.05, 4.69) is 10.5 Å². The molecule has 118 valence electrons. The van der Waals surface area contributed by atoms with Crippen LogP contribution in [0.5, 0.6) is 5.75 Å². The predicted molar refractivity (Wildman–Crippen MR) is 85.6 cm³/mol. The first-order valence-corrected chi connectivity index (χ1v) is 6.53. The predicted octanol–water partition coefficient (Wildman–Crippen LogP) is 1.95. The molecule has 0 aromatic heterocycles. The molecule has 0 fully saturated rings. The maximum absolute atomic E-state index is 11.9. The van der Waals surface area contributed by atoms with Gasteiger partial charge in [-0.05, 0) is 24.3 Å². The Labute approximate surface area is 131 Å². The first-order valence-electron chi connectivity index (χ1n) is 6.53. The molecular weight excluding hydrogens is 300 g/mol. The molecule has 0 aliphatic carbocycles. The van der Waals surface area contributed by atoms with Gasteiger partial charge in [0.25, 0.3) is 5.91 Å². The number of para-hydroxylation sites is 1. The number of carbonyl (C=O) groups is 1. The number of anilines is 1. The lowest BCUT2D eigenvalue weighted by Crippen LogP contribution is -2.19. The average molecular weight is 314 g/mol. The van der Waals surface area contributed by atoms with Crippen LogP contribution >= 0.6 is 0 Å². The highest BCUT2D eigenvalue weighted by Gasteiger charge is 2.14. The molecule has 8 heteroatoms. The number of nitrogen functional groups attached to an aromatic ring is 1. The molecule has 2 rings (SSSR count). The SMILES string of the molecule is COc1ccc(C=NNC(=O)c2ccccc2N)cc1[N+](=O)[O-]. The molecule has 8 nitrogen and oxygen atoms in total. The van der Waals surface area contributed by atoms with E-state index < -0.39 is 10.8 Å². The maximum Gasteiger partial charge on any atom is 0.311 e. The molecule has 2 aromatic rings. The first kappa shape index (κ1) is 16.0. The van der Waals surface area contributed by atoms with E-state index in [4.69, 9.17) is 10.5 Å². The molecule has 0 unspecified atom stereocenters. The summed E-state index contributed by atoms with van der Waals surface area (Å²) in [5.74, 6) is -0.324. The summed E-state index contributed by atoms with van der Waals surface area (Å²) in [5, 5.41) is 14.7. The van der Waals surface area contributed by atoms with Gasteiger partial charge < -0.3 is 10.5 Å². The van der Waals surface area contributed by atoms with Crippen LogP contribution in [0.4, 0.5) is 11.4 Å². The van der Waals surface area contributed by atoms with Crippen LogP contribution in [0, 0.1) is 10.1 Å². The van der Waals surface area contributed by atoms with Gasteiger partial charge in [-0.15, -0.1) is 0 Å². The van der Waals surface area contributed by atoms with Gasteiger partial charge in [-0.2, -0.15) is 5.10 Å². The topological polar surface area (TPSA) is 120 Å². The summed E-state index contributed by atoms with van der Waals surface area (Å²) in [7, 11) is 1.35. The van der Waals surface area contributed by atoms with Gasteiger partial charge in [0, 0.05) is 17.3 Å². The van der Waals surface area contributed by atoms with Gasteiger partial charge in [-0.3, -0.25) is 14.9 Å². The molecule has 0 saturated heterocycles. The molecule has 0 atom stereocenters. The van der Waals surface area contributed by atoms with Crippen molar-refractivity contribution < 1.29 is 14.5 Å². The number of nitrogens with two attached hydrogens (primary N) is 1. The number of methoxy groups -OCH3 is 1. The third kappa shape index (κ3) is 3.82. The monoisotopic (exact) mass is 314 g/mol.